The zero-order valence-corrected chi connectivity index (χ0v) is 12.1. The number of hydrogen-bond donors (Lipinski definition) is 1. The first-order valence-electron chi connectivity index (χ1n) is 6.10. The molecule has 0 bridgehead atoms. The van der Waals surface area contributed by atoms with Gasteiger partial charge in [-0.25, -0.2) is 0 Å². The predicted octanol–water partition coefficient (Wildman–Crippen LogP) is 2.18. The Hall–Kier alpha value is -1.52. The molecule has 0 aliphatic rings. The maximum absolute atomic E-state index is 5.20. The van der Waals surface area contributed by atoms with Crippen molar-refractivity contribution in [1.29, 1.82) is 0 Å². The fourth-order valence-electron chi connectivity index (χ4n) is 1.83. The molecular weight excluding hydrogens is 262 g/mol. The zero-order chi connectivity index (χ0) is 12.8. The Bertz CT molecular complexity index is 499. The lowest BCUT2D eigenvalue weighted by Gasteiger charge is -2.05. The summed E-state index contributed by atoms with van der Waals surface area (Å²) in [7, 11) is 3.62. The molecule has 0 atom stereocenters. The second-order valence-electron chi connectivity index (χ2n) is 4.26. The third kappa shape index (κ3) is 4.93. The molecule has 1 heterocycles. The first-order valence-corrected chi connectivity index (χ1v) is 6.10. The number of benzene rings is 1. The predicted molar refractivity (Wildman–Crippen MR) is 78.9 cm³/mol. The summed E-state index contributed by atoms with van der Waals surface area (Å²) in [5.41, 5.74) is 2.35. The van der Waals surface area contributed by atoms with E-state index in [1.807, 2.05) is 36.1 Å². The van der Waals surface area contributed by atoms with Gasteiger partial charge in [0.2, 0.25) is 0 Å². The Morgan fingerprint density at radius 2 is 2.16 bits per heavy atom. The number of rotatable bonds is 6. The lowest BCUT2D eigenvalue weighted by molar-refractivity contribution is 0.414. The molecule has 0 saturated carbocycles. The van der Waals surface area contributed by atoms with E-state index < -0.39 is 0 Å². The number of halogens is 1. The Kier molecular flexibility index (Phi) is 6.39. The van der Waals surface area contributed by atoms with Gasteiger partial charge in [0, 0.05) is 19.8 Å². The van der Waals surface area contributed by atoms with Crippen molar-refractivity contribution in [3.63, 3.8) is 0 Å². The summed E-state index contributed by atoms with van der Waals surface area (Å²) in [6, 6.07) is 10.2. The minimum absolute atomic E-state index is 0. The molecule has 0 aliphatic carbocycles. The first kappa shape index (κ1) is 15.5. The first-order chi connectivity index (χ1) is 8.78. The smallest absolute Gasteiger partial charge is 0.119 e. The molecule has 0 radical (unpaired) electrons. The molecular formula is C14H20ClN3O. The van der Waals surface area contributed by atoms with Gasteiger partial charge in [-0.3, -0.25) is 4.68 Å². The van der Waals surface area contributed by atoms with E-state index in [0.29, 0.717) is 0 Å². The molecule has 0 unspecified atom stereocenters. The van der Waals surface area contributed by atoms with Gasteiger partial charge < -0.3 is 10.1 Å². The maximum Gasteiger partial charge on any atom is 0.119 e. The van der Waals surface area contributed by atoms with E-state index in [-0.39, 0.29) is 12.4 Å². The number of nitrogens with zero attached hydrogens (tertiary/aromatic N) is 2. The highest BCUT2D eigenvalue weighted by molar-refractivity contribution is 5.85. The molecule has 0 fully saturated rings. The second kappa shape index (κ2) is 7.81. The molecule has 1 aromatic heterocycles. The average Bonchev–Trinajstić information content (AvgIpc) is 2.81. The van der Waals surface area contributed by atoms with Gasteiger partial charge in [-0.05, 0) is 36.7 Å². The number of ether oxygens (including phenoxy) is 1. The quantitative estimate of drug-likeness (QED) is 0.825. The second-order valence-corrected chi connectivity index (χ2v) is 4.26. The van der Waals surface area contributed by atoms with Crippen molar-refractivity contribution in [2.24, 2.45) is 7.05 Å². The molecule has 2 rings (SSSR count). The minimum atomic E-state index is 0. The van der Waals surface area contributed by atoms with E-state index in [4.69, 9.17) is 4.74 Å². The molecule has 1 aromatic carbocycles. The standard InChI is InChI=1S/C14H19N3O.ClH/c1-17-9-7-13(16-17)11-15-8-6-12-4-3-5-14(10-12)18-2;/h3-5,7,9-10,15H,6,8,11H2,1-2H3;1H. The zero-order valence-electron chi connectivity index (χ0n) is 11.3. The van der Waals surface area contributed by atoms with Crippen LogP contribution in [0.2, 0.25) is 0 Å². The third-order valence-electron chi connectivity index (χ3n) is 2.80. The third-order valence-corrected chi connectivity index (χ3v) is 2.80. The highest BCUT2D eigenvalue weighted by Gasteiger charge is 1.98. The summed E-state index contributed by atoms with van der Waals surface area (Å²) in [6.45, 7) is 1.74. The SMILES string of the molecule is COc1cccc(CCNCc2ccn(C)n2)c1.Cl. The van der Waals surface area contributed by atoms with Gasteiger partial charge >= 0.3 is 0 Å². The highest BCUT2D eigenvalue weighted by atomic mass is 35.5. The van der Waals surface area contributed by atoms with Crippen LogP contribution in [0.4, 0.5) is 0 Å². The lowest BCUT2D eigenvalue weighted by Crippen LogP contribution is -2.17. The molecule has 5 heteroatoms. The Labute approximate surface area is 120 Å². The molecule has 0 amide bonds. The number of aryl methyl sites for hydroxylation is 1. The van der Waals surface area contributed by atoms with E-state index in [9.17, 15) is 0 Å². The van der Waals surface area contributed by atoms with Crippen LogP contribution in [0.25, 0.3) is 0 Å². The number of aromatic nitrogens is 2. The van der Waals surface area contributed by atoms with E-state index in [2.05, 4.69) is 22.5 Å². The summed E-state index contributed by atoms with van der Waals surface area (Å²) in [5.74, 6) is 0.914. The summed E-state index contributed by atoms with van der Waals surface area (Å²) in [4.78, 5) is 0. The Morgan fingerprint density at radius 3 is 2.84 bits per heavy atom. The van der Waals surface area contributed by atoms with Crippen LogP contribution in [-0.2, 0) is 20.0 Å². The van der Waals surface area contributed by atoms with Gasteiger partial charge in [0.05, 0.1) is 12.8 Å². The van der Waals surface area contributed by atoms with Crippen LogP contribution in [0.1, 0.15) is 11.3 Å². The van der Waals surface area contributed by atoms with Crippen molar-refractivity contribution in [3.05, 3.63) is 47.8 Å². The van der Waals surface area contributed by atoms with Crippen molar-refractivity contribution in [1.82, 2.24) is 15.1 Å². The Balaban J connectivity index is 0.00000180. The summed E-state index contributed by atoms with van der Waals surface area (Å²) in [5, 5.41) is 7.70. The summed E-state index contributed by atoms with van der Waals surface area (Å²) < 4.78 is 7.02. The van der Waals surface area contributed by atoms with E-state index >= 15 is 0 Å². The van der Waals surface area contributed by atoms with Crippen LogP contribution < -0.4 is 10.1 Å². The molecule has 104 valence electrons. The van der Waals surface area contributed by atoms with Gasteiger partial charge in [0.15, 0.2) is 0 Å². The normalized spacial score (nSPS) is 10.0. The van der Waals surface area contributed by atoms with Crippen molar-refractivity contribution in [3.8, 4) is 5.75 Å². The van der Waals surface area contributed by atoms with E-state index in [0.717, 1.165) is 31.0 Å². The van der Waals surface area contributed by atoms with Gasteiger partial charge in [-0.1, -0.05) is 12.1 Å². The largest absolute Gasteiger partial charge is 0.497 e. The highest BCUT2D eigenvalue weighted by Crippen LogP contribution is 2.12. The molecule has 0 saturated heterocycles. The van der Waals surface area contributed by atoms with Crippen LogP contribution in [0.5, 0.6) is 5.75 Å². The molecule has 0 spiro atoms. The fourth-order valence-corrected chi connectivity index (χ4v) is 1.83. The molecule has 0 aliphatic heterocycles. The van der Waals surface area contributed by atoms with Crippen molar-refractivity contribution >= 4 is 12.4 Å². The number of nitrogens with one attached hydrogen (secondary N) is 1. The van der Waals surface area contributed by atoms with Crippen LogP contribution in [0.3, 0.4) is 0 Å². The van der Waals surface area contributed by atoms with Crippen LogP contribution in [0, 0.1) is 0 Å². The van der Waals surface area contributed by atoms with Gasteiger partial charge in [0.1, 0.15) is 5.75 Å². The van der Waals surface area contributed by atoms with E-state index in [1.165, 1.54) is 5.56 Å². The van der Waals surface area contributed by atoms with Crippen molar-refractivity contribution in [2.75, 3.05) is 13.7 Å². The van der Waals surface area contributed by atoms with Gasteiger partial charge in [-0.15, -0.1) is 12.4 Å². The topological polar surface area (TPSA) is 39.1 Å². The van der Waals surface area contributed by atoms with Crippen LogP contribution in [0.15, 0.2) is 36.5 Å². The van der Waals surface area contributed by atoms with Gasteiger partial charge in [0.25, 0.3) is 0 Å². The number of methoxy groups -OCH3 is 1. The minimum Gasteiger partial charge on any atom is -0.497 e. The maximum atomic E-state index is 5.20. The van der Waals surface area contributed by atoms with Crippen molar-refractivity contribution in [2.45, 2.75) is 13.0 Å². The van der Waals surface area contributed by atoms with Crippen molar-refractivity contribution < 1.29 is 4.74 Å². The number of hydrogen-bond acceptors (Lipinski definition) is 3. The molecule has 4 nitrogen and oxygen atoms in total. The molecule has 1 N–H and O–H groups in total. The summed E-state index contributed by atoms with van der Waals surface area (Å²) in [6.07, 6.45) is 2.95. The van der Waals surface area contributed by atoms with Crippen LogP contribution >= 0.6 is 12.4 Å². The molecule has 2 aromatic rings. The summed E-state index contributed by atoms with van der Waals surface area (Å²) >= 11 is 0. The van der Waals surface area contributed by atoms with Gasteiger partial charge in [-0.2, -0.15) is 5.10 Å². The fraction of sp³-hybridized carbons (Fsp3) is 0.357. The van der Waals surface area contributed by atoms with Crippen LogP contribution in [-0.4, -0.2) is 23.4 Å². The Morgan fingerprint density at radius 1 is 1.32 bits per heavy atom. The van der Waals surface area contributed by atoms with E-state index in [1.54, 1.807) is 7.11 Å². The lowest BCUT2D eigenvalue weighted by atomic mass is 10.1. The molecule has 19 heavy (non-hydrogen) atoms. The monoisotopic (exact) mass is 281 g/mol. The average molecular weight is 282 g/mol.